The van der Waals surface area contributed by atoms with Crippen LogP contribution in [0.2, 0.25) is 0 Å². The highest BCUT2D eigenvalue weighted by Gasteiger charge is 2.44. The predicted molar refractivity (Wildman–Crippen MR) is 93.7 cm³/mol. The molecular formula is C18H20N6. The van der Waals surface area contributed by atoms with Gasteiger partial charge in [-0.25, -0.2) is 15.0 Å². The van der Waals surface area contributed by atoms with Gasteiger partial charge in [0.2, 0.25) is 0 Å². The van der Waals surface area contributed by atoms with Crippen LogP contribution in [-0.4, -0.2) is 39.6 Å². The SMILES string of the molecule is Cc1ccc2c(c1)C1(CCNCC1)CN2c1ncnc2[nH]cnc12. The molecule has 0 radical (unpaired) electrons. The first-order valence-electron chi connectivity index (χ1n) is 8.50. The number of rotatable bonds is 1. The third kappa shape index (κ3) is 1.89. The number of aromatic nitrogens is 4. The van der Waals surface area contributed by atoms with Crippen LogP contribution in [0.3, 0.4) is 0 Å². The van der Waals surface area contributed by atoms with Gasteiger partial charge in [-0.15, -0.1) is 0 Å². The minimum Gasteiger partial charge on any atom is -0.329 e. The summed E-state index contributed by atoms with van der Waals surface area (Å²) in [7, 11) is 0. The molecule has 5 rings (SSSR count). The van der Waals surface area contributed by atoms with Crippen molar-refractivity contribution in [3.8, 4) is 0 Å². The maximum absolute atomic E-state index is 4.58. The topological polar surface area (TPSA) is 69.7 Å². The summed E-state index contributed by atoms with van der Waals surface area (Å²) < 4.78 is 0. The number of nitrogens with one attached hydrogen (secondary N) is 2. The molecule has 6 heteroatoms. The van der Waals surface area contributed by atoms with Crippen molar-refractivity contribution >= 4 is 22.7 Å². The van der Waals surface area contributed by atoms with Crippen molar-refractivity contribution in [2.24, 2.45) is 0 Å². The van der Waals surface area contributed by atoms with Crippen LogP contribution >= 0.6 is 0 Å². The molecule has 0 bridgehead atoms. The van der Waals surface area contributed by atoms with E-state index < -0.39 is 0 Å². The van der Waals surface area contributed by atoms with Crippen LogP contribution < -0.4 is 10.2 Å². The summed E-state index contributed by atoms with van der Waals surface area (Å²) in [6, 6.07) is 6.79. The average molecular weight is 320 g/mol. The fraction of sp³-hybridized carbons (Fsp3) is 0.389. The molecule has 2 aromatic heterocycles. The Bertz CT molecular complexity index is 909. The van der Waals surface area contributed by atoms with Gasteiger partial charge in [0.15, 0.2) is 17.0 Å². The highest BCUT2D eigenvalue weighted by atomic mass is 15.2. The zero-order chi connectivity index (χ0) is 16.1. The zero-order valence-corrected chi connectivity index (χ0v) is 13.7. The summed E-state index contributed by atoms with van der Waals surface area (Å²) in [5.41, 5.74) is 5.90. The first kappa shape index (κ1) is 13.9. The number of H-pyrrole nitrogens is 1. The van der Waals surface area contributed by atoms with Crippen molar-refractivity contribution in [1.29, 1.82) is 0 Å². The smallest absolute Gasteiger partial charge is 0.164 e. The summed E-state index contributed by atoms with van der Waals surface area (Å²) in [6.45, 7) is 5.28. The van der Waals surface area contributed by atoms with Crippen LogP contribution in [0.4, 0.5) is 11.5 Å². The van der Waals surface area contributed by atoms with E-state index in [1.54, 1.807) is 12.7 Å². The van der Waals surface area contributed by atoms with Gasteiger partial charge in [-0.1, -0.05) is 17.7 Å². The Labute approximate surface area is 140 Å². The fourth-order valence-corrected chi connectivity index (χ4v) is 4.25. The molecule has 3 aromatic rings. The minimum atomic E-state index is 0.209. The van der Waals surface area contributed by atoms with Crippen molar-refractivity contribution in [3.63, 3.8) is 0 Å². The number of fused-ring (bicyclic) bond motifs is 3. The van der Waals surface area contributed by atoms with Gasteiger partial charge in [0.25, 0.3) is 0 Å². The molecule has 0 saturated carbocycles. The second kappa shape index (κ2) is 5.01. The largest absolute Gasteiger partial charge is 0.329 e. The van der Waals surface area contributed by atoms with Crippen molar-refractivity contribution in [2.75, 3.05) is 24.5 Å². The van der Waals surface area contributed by atoms with E-state index in [1.165, 1.54) is 16.8 Å². The average Bonchev–Trinajstić information content (AvgIpc) is 3.19. The molecule has 6 nitrogen and oxygen atoms in total. The van der Waals surface area contributed by atoms with Crippen molar-refractivity contribution in [3.05, 3.63) is 42.0 Å². The molecule has 0 atom stereocenters. The molecule has 2 N–H and O–H groups in total. The molecule has 1 saturated heterocycles. The van der Waals surface area contributed by atoms with E-state index in [0.717, 1.165) is 49.5 Å². The third-order valence-corrected chi connectivity index (χ3v) is 5.49. The lowest BCUT2D eigenvalue weighted by Gasteiger charge is -2.35. The van der Waals surface area contributed by atoms with Gasteiger partial charge in [-0.3, -0.25) is 0 Å². The Morgan fingerprint density at radius 3 is 2.88 bits per heavy atom. The monoisotopic (exact) mass is 320 g/mol. The van der Waals surface area contributed by atoms with Crippen molar-refractivity contribution in [1.82, 2.24) is 25.3 Å². The van der Waals surface area contributed by atoms with Gasteiger partial charge < -0.3 is 15.2 Å². The lowest BCUT2D eigenvalue weighted by molar-refractivity contribution is 0.329. The summed E-state index contributed by atoms with van der Waals surface area (Å²) in [6.07, 6.45) is 5.63. The number of aromatic amines is 1. The van der Waals surface area contributed by atoms with Crippen LogP contribution in [0.25, 0.3) is 11.2 Å². The van der Waals surface area contributed by atoms with Crippen molar-refractivity contribution in [2.45, 2.75) is 25.2 Å². The fourth-order valence-electron chi connectivity index (χ4n) is 4.25. The van der Waals surface area contributed by atoms with Crippen LogP contribution in [0, 0.1) is 6.92 Å². The number of piperidine rings is 1. The molecule has 122 valence electrons. The van der Waals surface area contributed by atoms with Gasteiger partial charge in [0, 0.05) is 17.6 Å². The molecule has 1 aromatic carbocycles. The molecule has 2 aliphatic rings. The van der Waals surface area contributed by atoms with E-state index in [1.807, 2.05) is 0 Å². The minimum absolute atomic E-state index is 0.209. The van der Waals surface area contributed by atoms with Crippen LogP contribution in [0.1, 0.15) is 24.0 Å². The van der Waals surface area contributed by atoms with Crippen molar-refractivity contribution < 1.29 is 0 Å². The predicted octanol–water partition coefficient (Wildman–Crippen LogP) is 2.43. The molecule has 1 fully saturated rings. The van der Waals surface area contributed by atoms with E-state index in [4.69, 9.17) is 0 Å². The lowest BCUT2D eigenvalue weighted by atomic mass is 9.74. The van der Waals surface area contributed by atoms with Gasteiger partial charge in [0.1, 0.15) is 6.33 Å². The summed E-state index contributed by atoms with van der Waals surface area (Å²) in [5, 5.41) is 3.50. The third-order valence-electron chi connectivity index (χ3n) is 5.49. The maximum Gasteiger partial charge on any atom is 0.164 e. The Kier molecular flexibility index (Phi) is 2.91. The maximum atomic E-state index is 4.58. The molecular weight excluding hydrogens is 300 g/mol. The molecule has 4 heterocycles. The number of aryl methyl sites for hydroxylation is 1. The zero-order valence-electron chi connectivity index (χ0n) is 13.7. The van der Waals surface area contributed by atoms with Crippen LogP contribution in [0.15, 0.2) is 30.9 Å². The van der Waals surface area contributed by atoms with Gasteiger partial charge in [-0.2, -0.15) is 0 Å². The van der Waals surface area contributed by atoms with Crippen LogP contribution in [-0.2, 0) is 5.41 Å². The number of imidazole rings is 1. The first-order valence-corrected chi connectivity index (χ1v) is 8.50. The number of anilines is 2. The Morgan fingerprint density at radius 1 is 1.12 bits per heavy atom. The Balaban J connectivity index is 1.70. The molecule has 24 heavy (non-hydrogen) atoms. The van der Waals surface area contributed by atoms with Gasteiger partial charge in [0.05, 0.1) is 6.33 Å². The quantitative estimate of drug-likeness (QED) is 0.721. The van der Waals surface area contributed by atoms with E-state index in [2.05, 4.69) is 55.3 Å². The number of nitrogens with zero attached hydrogens (tertiary/aromatic N) is 4. The number of benzene rings is 1. The summed E-state index contributed by atoms with van der Waals surface area (Å²) in [4.78, 5) is 18.7. The van der Waals surface area contributed by atoms with E-state index in [9.17, 15) is 0 Å². The molecule has 0 amide bonds. The summed E-state index contributed by atoms with van der Waals surface area (Å²) >= 11 is 0. The number of hydrogen-bond donors (Lipinski definition) is 2. The summed E-state index contributed by atoms with van der Waals surface area (Å²) in [5.74, 6) is 0.904. The van der Waals surface area contributed by atoms with Gasteiger partial charge in [-0.05, 0) is 44.5 Å². The van der Waals surface area contributed by atoms with E-state index >= 15 is 0 Å². The Morgan fingerprint density at radius 2 is 2.00 bits per heavy atom. The second-order valence-electron chi connectivity index (χ2n) is 6.93. The molecule has 0 unspecified atom stereocenters. The van der Waals surface area contributed by atoms with E-state index in [-0.39, 0.29) is 5.41 Å². The normalized spacial score (nSPS) is 19.1. The number of hydrogen-bond acceptors (Lipinski definition) is 5. The van der Waals surface area contributed by atoms with Gasteiger partial charge >= 0.3 is 0 Å². The Hall–Kier alpha value is -2.47. The molecule has 2 aliphatic heterocycles. The second-order valence-corrected chi connectivity index (χ2v) is 6.93. The molecule has 0 aliphatic carbocycles. The highest BCUT2D eigenvalue weighted by Crippen LogP contribution is 2.49. The lowest BCUT2D eigenvalue weighted by Crippen LogP contribution is -2.42. The standard InChI is InChI=1S/C18H20N6/c1-12-2-3-14-13(8-12)18(4-6-19-7-5-18)9-24(14)17-15-16(21-10-20-15)22-11-23-17/h2-3,8,10-11,19H,4-7,9H2,1H3,(H,20,21,22,23). The molecule has 1 spiro atoms. The van der Waals surface area contributed by atoms with E-state index in [0.29, 0.717) is 0 Å². The highest BCUT2D eigenvalue weighted by molar-refractivity contribution is 5.87. The van der Waals surface area contributed by atoms with Crippen LogP contribution in [0.5, 0.6) is 0 Å². The first-order chi connectivity index (χ1) is 11.8.